The van der Waals surface area contributed by atoms with Crippen LogP contribution in [0.4, 0.5) is 10.2 Å². The van der Waals surface area contributed by atoms with Gasteiger partial charge in [-0.15, -0.1) is 0 Å². The summed E-state index contributed by atoms with van der Waals surface area (Å²) in [5.74, 6) is -0.371. The van der Waals surface area contributed by atoms with Crippen molar-refractivity contribution in [1.29, 1.82) is 0 Å². The first-order valence-electron chi connectivity index (χ1n) is 14.7. The van der Waals surface area contributed by atoms with Gasteiger partial charge in [-0.1, -0.05) is 6.58 Å². The van der Waals surface area contributed by atoms with E-state index in [4.69, 9.17) is 16.3 Å². The molecule has 5 heterocycles. The predicted octanol–water partition coefficient (Wildman–Crippen LogP) is 0.0457. The molecule has 1 aliphatic carbocycles. The van der Waals surface area contributed by atoms with E-state index in [0.717, 1.165) is 44.3 Å². The third-order valence-corrected chi connectivity index (χ3v) is 8.88. The molecule has 3 aromatic rings. The lowest BCUT2D eigenvalue weighted by Crippen LogP contribution is -3.00. The smallest absolute Gasteiger partial charge is 0.319 e. The maximum Gasteiger partial charge on any atom is 0.319 e. The first-order chi connectivity index (χ1) is 20.5. The van der Waals surface area contributed by atoms with Crippen molar-refractivity contribution < 1.29 is 31.3 Å². The molecule has 0 bridgehead atoms. The average molecular weight is 607 g/mol. The zero-order chi connectivity index (χ0) is 29.2. The van der Waals surface area contributed by atoms with E-state index in [1.807, 2.05) is 17.2 Å². The molecule has 43 heavy (non-hydrogen) atoms. The minimum atomic E-state index is -0.465. The zero-order valence-electron chi connectivity index (χ0n) is 24.3. The maximum atomic E-state index is 16.5. The second kappa shape index (κ2) is 13.2. The molecular formula is C31H36ClFN8O2. The molecule has 10 nitrogen and oxygen atoms in total. The number of amides is 1. The van der Waals surface area contributed by atoms with E-state index in [9.17, 15) is 4.79 Å². The van der Waals surface area contributed by atoms with Crippen LogP contribution in [0.5, 0.6) is 6.01 Å². The summed E-state index contributed by atoms with van der Waals surface area (Å²) >= 11 is 0. The minimum Gasteiger partial charge on any atom is -1.00 e. The molecule has 0 saturated carbocycles. The number of likely N-dealkylation sites (tertiary alicyclic amines) is 1. The summed E-state index contributed by atoms with van der Waals surface area (Å²) in [6.07, 6.45) is 9.63. The summed E-state index contributed by atoms with van der Waals surface area (Å²) < 4.78 is 22.7. The number of halogens is 2. The van der Waals surface area contributed by atoms with E-state index < -0.39 is 5.82 Å². The number of hydrogen-bond acceptors (Lipinski definition) is 7. The SMILES string of the molecule is [C-]#[N+]C[C@H]1CN(c2nc(OC[C@@H]3CCCN3C)nc3c(F)c(C4CCCc5ccc[nH+]c54)ncc23)CCN1C(=O)C=C.[Cl-]. The zero-order valence-corrected chi connectivity index (χ0v) is 25.1. The third-order valence-electron chi connectivity index (χ3n) is 8.88. The standard InChI is InChI=1S/C31H35FN8O2.ClH/c1-4-25(41)40-15-14-39(18-22(40)16-33-2)30-24-17-35-28(23-11-5-8-20-9-6-12-34-27(20)23)26(32)29(24)36-31(37-30)42-19-21-10-7-13-38(21)3;/h4,6,9,12,17,21-23H,1,5,7-8,10-11,13-16,18-19H2,3H3;1H/t21-,22-,23?;/m0./s1. The minimum absolute atomic E-state index is 0. The monoisotopic (exact) mass is 606 g/mol. The number of H-pyrrole nitrogens is 1. The largest absolute Gasteiger partial charge is 1.00 e. The van der Waals surface area contributed by atoms with Gasteiger partial charge in [0.25, 0.3) is 0 Å². The fraction of sp³-hybridized carbons (Fsp3) is 0.484. The summed E-state index contributed by atoms with van der Waals surface area (Å²) in [4.78, 5) is 39.4. The summed E-state index contributed by atoms with van der Waals surface area (Å²) in [6.45, 7) is 13.8. The normalized spacial score (nSPS) is 22.0. The molecule has 1 N–H and O–H groups in total. The van der Waals surface area contributed by atoms with Crippen molar-refractivity contribution >= 4 is 22.6 Å². The number of pyridine rings is 2. The van der Waals surface area contributed by atoms with E-state index in [1.165, 1.54) is 11.6 Å². The Balaban J connectivity index is 0.00000368. The summed E-state index contributed by atoms with van der Waals surface area (Å²) in [6, 6.07) is 4.07. The van der Waals surface area contributed by atoms with E-state index in [2.05, 4.69) is 44.4 Å². The second-order valence-corrected chi connectivity index (χ2v) is 11.4. The molecule has 3 atom stereocenters. The Hall–Kier alpha value is -3.88. The molecule has 1 unspecified atom stereocenters. The number of carbonyl (C=O) groups is 1. The molecule has 3 aliphatic rings. The van der Waals surface area contributed by atoms with E-state index >= 15 is 4.39 Å². The van der Waals surface area contributed by atoms with Crippen LogP contribution < -0.4 is 27.0 Å². The van der Waals surface area contributed by atoms with Crippen molar-refractivity contribution in [1.82, 2.24) is 24.8 Å². The van der Waals surface area contributed by atoms with Crippen molar-refractivity contribution in [2.75, 3.05) is 51.3 Å². The van der Waals surface area contributed by atoms with Crippen molar-refractivity contribution in [3.05, 3.63) is 71.4 Å². The van der Waals surface area contributed by atoms with Crippen molar-refractivity contribution in [3.8, 4) is 6.01 Å². The van der Waals surface area contributed by atoms with Gasteiger partial charge < -0.3 is 36.7 Å². The van der Waals surface area contributed by atoms with Crippen LogP contribution in [0.3, 0.4) is 0 Å². The van der Waals surface area contributed by atoms with Crippen LogP contribution in [-0.4, -0.2) is 89.1 Å². The molecule has 6 rings (SSSR count). The van der Waals surface area contributed by atoms with Crippen molar-refractivity contribution in [3.63, 3.8) is 0 Å². The second-order valence-electron chi connectivity index (χ2n) is 11.4. The molecule has 2 saturated heterocycles. The van der Waals surface area contributed by atoms with E-state index in [0.29, 0.717) is 43.1 Å². The molecule has 1 amide bonds. The third kappa shape index (κ3) is 5.99. The lowest BCUT2D eigenvalue weighted by atomic mass is 9.84. The fourth-order valence-electron chi connectivity index (χ4n) is 6.60. The number of aryl methyl sites for hydroxylation is 1. The summed E-state index contributed by atoms with van der Waals surface area (Å²) in [7, 11) is 2.08. The fourth-order valence-corrected chi connectivity index (χ4v) is 6.60. The number of fused-ring (bicyclic) bond motifs is 2. The van der Waals surface area contributed by atoms with Gasteiger partial charge in [-0.3, -0.25) is 9.78 Å². The van der Waals surface area contributed by atoms with Crippen LogP contribution in [0, 0.1) is 12.4 Å². The van der Waals surface area contributed by atoms with Gasteiger partial charge in [0.2, 0.25) is 12.5 Å². The number of likely N-dealkylation sites (N-methyl/N-ethyl adjacent to an activating group) is 1. The Morgan fingerprint density at radius 2 is 2.12 bits per heavy atom. The van der Waals surface area contributed by atoms with Crippen LogP contribution >= 0.6 is 0 Å². The van der Waals surface area contributed by atoms with Gasteiger partial charge in [-0.05, 0) is 57.8 Å². The van der Waals surface area contributed by atoms with Crippen LogP contribution in [0.1, 0.15) is 48.6 Å². The van der Waals surface area contributed by atoms with Gasteiger partial charge in [0, 0.05) is 43.5 Å². The van der Waals surface area contributed by atoms with Crippen molar-refractivity contribution in [2.24, 2.45) is 0 Å². The number of carbonyl (C=O) groups excluding carboxylic acids is 1. The molecule has 3 aromatic heterocycles. The van der Waals surface area contributed by atoms with Gasteiger partial charge in [0.15, 0.2) is 17.7 Å². The maximum absolute atomic E-state index is 16.5. The highest BCUT2D eigenvalue weighted by molar-refractivity contribution is 5.91. The molecule has 2 aliphatic heterocycles. The number of aromatic amines is 1. The van der Waals surface area contributed by atoms with Crippen LogP contribution in [0.25, 0.3) is 15.7 Å². The van der Waals surface area contributed by atoms with Gasteiger partial charge >= 0.3 is 6.01 Å². The van der Waals surface area contributed by atoms with Crippen molar-refractivity contribution in [2.45, 2.75) is 50.1 Å². The number of ether oxygens (including phenoxy) is 1. The number of rotatable bonds is 7. The van der Waals surface area contributed by atoms with Crippen LogP contribution in [0.2, 0.25) is 0 Å². The number of hydrogen-bond donors (Lipinski definition) is 0. The summed E-state index contributed by atoms with van der Waals surface area (Å²) in [5.41, 5.74) is 2.72. The Labute approximate surface area is 257 Å². The first-order valence-corrected chi connectivity index (χ1v) is 14.7. The lowest BCUT2D eigenvalue weighted by Gasteiger charge is -2.39. The molecule has 0 aromatic carbocycles. The highest BCUT2D eigenvalue weighted by Crippen LogP contribution is 2.37. The number of piperazine rings is 1. The Morgan fingerprint density at radius 1 is 1.26 bits per heavy atom. The lowest BCUT2D eigenvalue weighted by molar-refractivity contribution is -0.393. The predicted molar refractivity (Wildman–Crippen MR) is 156 cm³/mol. The quantitative estimate of drug-likeness (QED) is 0.277. The van der Waals surface area contributed by atoms with Gasteiger partial charge in [0.1, 0.15) is 24.0 Å². The molecule has 0 radical (unpaired) electrons. The van der Waals surface area contributed by atoms with Gasteiger partial charge in [0.05, 0.1) is 17.0 Å². The van der Waals surface area contributed by atoms with E-state index in [-0.39, 0.29) is 54.4 Å². The highest BCUT2D eigenvalue weighted by atomic mass is 35.5. The van der Waals surface area contributed by atoms with Gasteiger partial charge in [-0.2, -0.15) is 9.97 Å². The Kier molecular flexibility index (Phi) is 9.37. The number of anilines is 1. The topological polar surface area (TPSA) is 93.2 Å². The number of aromatic nitrogens is 4. The highest BCUT2D eigenvalue weighted by Gasteiger charge is 2.35. The molecule has 226 valence electrons. The molecule has 0 spiro atoms. The number of nitrogens with one attached hydrogen (secondary N) is 1. The molecule has 2 fully saturated rings. The molecular weight excluding hydrogens is 571 g/mol. The average Bonchev–Trinajstić information content (AvgIpc) is 3.44. The molecule has 12 heteroatoms. The first kappa shape index (κ1) is 30.6. The number of nitrogens with zero attached hydrogens (tertiary/aromatic N) is 7. The Morgan fingerprint density at radius 3 is 2.88 bits per heavy atom. The summed E-state index contributed by atoms with van der Waals surface area (Å²) in [5, 5.41) is 0.486. The van der Waals surface area contributed by atoms with Crippen LogP contribution in [0.15, 0.2) is 37.2 Å². The van der Waals surface area contributed by atoms with E-state index in [1.54, 1.807) is 11.1 Å². The van der Waals surface area contributed by atoms with Gasteiger partial charge in [-0.25, -0.2) is 15.9 Å². The van der Waals surface area contributed by atoms with Crippen LogP contribution in [-0.2, 0) is 11.2 Å². The Bertz CT molecular complexity index is 1550.